The van der Waals surface area contributed by atoms with Crippen molar-refractivity contribution in [2.75, 3.05) is 57.1 Å². The van der Waals surface area contributed by atoms with Gasteiger partial charge in [-0.05, 0) is 36.5 Å². The number of nitrogens with zero attached hydrogens (tertiary/aromatic N) is 5. The molecule has 0 saturated carbocycles. The molecule has 0 spiro atoms. The molecule has 1 N–H and O–H groups in total. The van der Waals surface area contributed by atoms with E-state index in [0.29, 0.717) is 11.5 Å². The van der Waals surface area contributed by atoms with Gasteiger partial charge in [-0.3, -0.25) is 9.88 Å². The monoisotopic (exact) mass is 469 g/mol. The van der Waals surface area contributed by atoms with Crippen LogP contribution in [0, 0.1) is 17.2 Å². The largest absolute Gasteiger partial charge is 0.392 e. The average molecular weight is 470 g/mol. The number of aliphatic hydroxyl groups is 1. The van der Waals surface area contributed by atoms with Crippen molar-refractivity contribution in [3.8, 4) is 6.07 Å². The number of methoxy groups -OCH3 is 1. The second-order valence-electron chi connectivity index (χ2n) is 8.68. The van der Waals surface area contributed by atoms with Crippen molar-refractivity contribution in [1.29, 1.82) is 5.26 Å². The van der Waals surface area contributed by atoms with Crippen LogP contribution in [0.25, 0.3) is 0 Å². The summed E-state index contributed by atoms with van der Waals surface area (Å²) in [5.74, 6) is 2.00. The molecule has 0 aromatic carbocycles. The molecule has 7 nitrogen and oxygen atoms in total. The fourth-order valence-electron chi connectivity index (χ4n) is 4.12. The molecule has 3 rings (SSSR count). The molecule has 1 aliphatic heterocycles. The number of thioether (sulfide) groups is 1. The number of aryl methyl sites for hydroxylation is 1. The van der Waals surface area contributed by atoms with Gasteiger partial charge in [-0.1, -0.05) is 19.9 Å². The van der Waals surface area contributed by atoms with Crippen LogP contribution < -0.4 is 4.90 Å². The molecular weight excluding hydrogens is 434 g/mol. The lowest BCUT2D eigenvalue weighted by Gasteiger charge is -2.36. The van der Waals surface area contributed by atoms with E-state index in [1.165, 1.54) is 0 Å². The molecule has 0 radical (unpaired) electrons. The Kier molecular flexibility index (Phi) is 9.95. The molecule has 2 aromatic rings. The highest BCUT2D eigenvalue weighted by Crippen LogP contribution is 2.34. The zero-order valence-electron chi connectivity index (χ0n) is 20.0. The number of rotatable bonds is 11. The smallest absolute Gasteiger partial charge is 0.135 e. The lowest BCUT2D eigenvalue weighted by molar-refractivity contribution is 0.143. The van der Waals surface area contributed by atoms with Crippen LogP contribution in [0.4, 0.5) is 5.82 Å². The van der Waals surface area contributed by atoms with Crippen molar-refractivity contribution in [3.63, 3.8) is 0 Å². The van der Waals surface area contributed by atoms with Crippen LogP contribution in [0.5, 0.6) is 0 Å². The first kappa shape index (κ1) is 25.4. The van der Waals surface area contributed by atoms with Crippen LogP contribution in [-0.4, -0.2) is 72.2 Å². The fraction of sp³-hybridized carbons (Fsp3) is 0.560. The Balaban J connectivity index is 1.87. The Morgan fingerprint density at radius 3 is 2.61 bits per heavy atom. The van der Waals surface area contributed by atoms with Gasteiger partial charge in [0.05, 0.1) is 18.8 Å². The van der Waals surface area contributed by atoms with Crippen LogP contribution in [0.1, 0.15) is 36.2 Å². The van der Waals surface area contributed by atoms with Crippen molar-refractivity contribution in [2.24, 2.45) is 5.92 Å². The van der Waals surface area contributed by atoms with Crippen molar-refractivity contribution in [3.05, 3.63) is 46.8 Å². The number of hydrogen-bond donors (Lipinski definition) is 1. The predicted octanol–water partition coefficient (Wildman–Crippen LogP) is 3.14. The fourth-order valence-corrected chi connectivity index (χ4v) is 5.09. The van der Waals surface area contributed by atoms with Gasteiger partial charge in [-0.25, -0.2) is 4.98 Å². The summed E-state index contributed by atoms with van der Waals surface area (Å²) in [6.45, 7) is 9.37. The molecule has 33 heavy (non-hydrogen) atoms. The predicted molar refractivity (Wildman–Crippen MR) is 133 cm³/mol. The van der Waals surface area contributed by atoms with E-state index in [-0.39, 0.29) is 6.61 Å². The van der Waals surface area contributed by atoms with Gasteiger partial charge in [0.2, 0.25) is 0 Å². The van der Waals surface area contributed by atoms with Crippen LogP contribution in [0.2, 0.25) is 0 Å². The zero-order valence-corrected chi connectivity index (χ0v) is 20.8. The summed E-state index contributed by atoms with van der Waals surface area (Å²) in [7, 11) is 1.73. The summed E-state index contributed by atoms with van der Waals surface area (Å²) in [6, 6.07) is 8.33. The molecule has 3 heterocycles. The van der Waals surface area contributed by atoms with Gasteiger partial charge in [-0.15, -0.1) is 11.8 Å². The number of hydrogen-bond acceptors (Lipinski definition) is 8. The number of piperazine rings is 1. The molecule has 178 valence electrons. The molecule has 0 unspecified atom stereocenters. The molecule has 0 atom stereocenters. The summed E-state index contributed by atoms with van der Waals surface area (Å²) < 4.78 is 5.22. The minimum atomic E-state index is -0.109. The van der Waals surface area contributed by atoms with Gasteiger partial charge >= 0.3 is 0 Å². The lowest BCUT2D eigenvalue weighted by Crippen LogP contribution is -2.48. The Labute approximate surface area is 201 Å². The van der Waals surface area contributed by atoms with E-state index in [1.807, 2.05) is 18.2 Å². The standard InChI is InChI=1S/C25H35N5O2S/c1-19(2)16-21-22(17-26)25(33-15-7-20-6-4-5-8-27-20)28-24(23(21)18-31)30-11-9-29(10-12-30)13-14-32-3/h4-6,8,19,31H,7,9-16,18H2,1-3H3. The maximum Gasteiger partial charge on any atom is 0.135 e. The topological polar surface area (TPSA) is 85.5 Å². The van der Waals surface area contributed by atoms with Crippen molar-refractivity contribution in [2.45, 2.75) is 38.3 Å². The molecule has 0 aliphatic carbocycles. The van der Waals surface area contributed by atoms with Gasteiger partial charge in [0.1, 0.15) is 16.9 Å². The summed E-state index contributed by atoms with van der Waals surface area (Å²) in [5.41, 5.74) is 3.40. The molecule has 1 saturated heterocycles. The number of aromatic nitrogens is 2. The Morgan fingerprint density at radius 1 is 1.21 bits per heavy atom. The van der Waals surface area contributed by atoms with E-state index in [4.69, 9.17) is 9.72 Å². The number of pyridine rings is 2. The van der Waals surface area contributed by atoms with E-state index < -0.39 is 0 Å². The molecule has 1 aliphatic rings. The van der Waals surface area contributed by atoms with Gasteiger partial charge in [0.15, 0.2) is 0 Å². The van der Waals surface area contributed by atoms with Crippen molar-refractivity contribution < 1.29 is 9.84 Å². The van der Waals surface area contributed by atoms with Crippen LogP contribution in [0.15, 0.2) is 29.4 Å². The summed E-state index contributed by atoms with van der Waals surface area (Å²) in [6.07, 6.45) is 3.36. The highest BCUT2D eigenvalue weighted by atomic mass is 32.2. The summed E-state index contributed by atoms with van der Waals surface area (Å²) in [5, 5.41) is 21.1. The first-order chi connectivity index (χ1) is 16.1. The van der Waals surface area contributed by atoms with Crippen molar-refractivity contribution >= 4 is 17.6 Å². The normalized spacial score (nSPS) is 14.6. The summed E-state index contributed by atoms with van der Waals surface area (Å²) >= 11 is 1.61. The molecular formula is C25H35N5O2S. The molecule has 8 heteroatoms. The highest BCUT2D eigenvalue weighted by molar-refractivity contribution is 7.99. The minimum Gasteiger partial charge on any atom is -0.392 e. The van der Waals surface area contributed by atoms with Crippen LogP contribution in [0.3, 0.4) is 0 Å². The first-order valence-electron chi connectivity index (χ1n) is 11.6. The van der Waals surface area contributed by atoms with Crippen molar-refractivity contribution in [1.82, 2.24) is 14.9 Å². The van der Waals surface area contributed by atoms with Gasteiger partial charge in [0, 0.05) is 63.0 Å². The van der Waals surface area contributed by atoms with E-state index in [1.54, 1.807) is 25.1 Å². The second kappa shape index (κ2) is 12.9. The molecule has 1 fully saturated rings. The Morgan fingerprint density at radius 2 is 2.00 bits per heavy atom. The minimum absolute atomic E-state index is 0.109. The highest BCUT2D eigenvalue weighted by Gasteiger charge is 2.26. The number of anilines is 1. The van der Waals surface area contributed by atoms with Gasteiger partial charge in [-0.2, -0.15) is 5.26 Å². The third kappa shape index (κ3) is 6.90. The van der Waals surface area contributed by atoms with Gasteiger partial charge in [0.25, 0.3) is 0 Å². The average Bonchev–Trinajstić information content (AvgIpc) is 2.83. The number of ether oxygens (including phenoxy) is 1. The van der Waals surface area contributed by atoms with E-state index in [2.05, 4.69) is 34.7 Å². The van der Waals surface area contributed by atoms with E-state index >= 15 is 0 Å². The quantitative estimate of drug-likeness (QED) is 0.503. The number of aliphatic hydroxyl groups excluding tert-OH is 1. The molecule has 2 aromatic heterocycles. The Bertz CT molecular complexity index is 925. The maximum atomic E-state index is 10.3. The second-order valence-corrected chi connectivity index (χ2v) is 9.77. The third-order valence-corrected chi connectivity index (χ3v) is 6.82. The first-order valence-corrected chi connectivity index (χ1v) is 12.6. The molecule has 0 bridgehead atoms. The zero-order chi connectivity index (χ0) is 23.6. The van der Waals surface area contributed by atoms with E-state index in [0.717, 1.165) is 85.6 Å². The van der Waals surface area contributed by atoms with Crippen LogP contribution in [-0.2, 0) is 24.2 Å². The molecule has 0 amide bonds. The lowest BCUT2D eigenvalue weighted by atomic mass is 9.95. The Hall–Kier alpha value is -2.18. The SMILES string of the molecule is COCCN1CCN(c2nc(SCCc3ccccn3)c(C#N)c(CC(C)C)c2CO)CC1. The summed E-state index contributed by atoms with van der Waals surface area (Å²) in [4.78, 5) is 14.0. The van der Waals surface area contributed by atoms with Crippen LogP contribution >= 0.6 is 11.8 Å². The number of nitriles is 1. The van der Waals surface area contributed by atoms with E-state index in [9.17, 15) is 10.4 Å². The van der Waals surface area contributed by atoms with Gasteiger partial charge < -0.3 is 14.7 Å². The maximum absolute atomic E-state index is 10.3. The third-order valence-electron chi connectivity index (χ3n) is 5.85.